The largest absolute Gasteiger partial charge is 0.295 e. The Bertz CT molecular complexity index is 436. The Kier molecular flexibility index (Phi) is 4.30. The van der Waals surface area contributed by atoms with Crippen LogP contribution in [0.1, 0.15) is 26.2 Å². The normalized spacial score (nSPS) is 17.8. The SMILES string of the molecule is CC(Sc1ccc(Cl)cc1)C1=CCCCC1=O. The predicted molar refractivity (Wildman–Crippen MR) is 73.7 cm³/mol. The van der Waals surface area contributed by atoms with E-state index in [-0.39, 0.29) is 5.25 Å². The lowest BCUT2D eigenvalue weighted by atomic mass is 9.96. The second kappa shape index (κ2) is 5.74. The van der Waals surface area contributed by atoms with Crippen LogP contribution in [0.3, 0.4) is 0 Å². The van der Waals surface area contributed by atoms with Gasteiger partial charge in [-0.15, -0.1) is 11.8 Å². The second-order valence-corrected chi connectivity index (χ2v) is 6.04. The van der Waals surface area contributed by atoms with Gasteiger partial charge in [-0.25, -0.2) is 0 Å². The number of halogens is 1. The average molecular weight is 267 g/mol. The highest BCUT2D eigenvalue weighted by atomic mass is 35.5. The van der Waals surface area contributed by atoms with Gasteiger partial charge in [0.25, 0.3) is 0 Å². The maximum absolute atomic E-state index is 11.8. The van der Waals surface area contributed by atoms with E-state index in [1.807, 2.05) is 24.3 Å². The lowest BCUT2D eigenvalue weighted by molar-refractivity contribution is -0.116. The minimum atomic E-state index is 0.226. The van der Waals surface area contributed by atoms with Crippen molar-refractivity contribution in [2.75, 3.05) is 0 Å². The van der Waals surface area contributed by atoms with E-state index in [0.29, 0.717) is 12.2 Å². The maximum Gasteiger partial charge on any atom is 0.159 e. The van der Waals surface area contributed by atoms with Crippen molar-refractivity contribution in [1.82, 2.24) is 0 Å². The zero-order valence-electron chi connectivity index (χ0n) is 9.78. The number of Topliss-reactive ketones (excluding diaryl/α,β-unsaturated/α-hetero) is 1. The number of thioether (sulfide) groups is 1. The molecule has 17 heavy (non-hydrogen) atoms. The second-order valence-electron chi connectivity index (χ2n) is 4.19. The molecule has 2 rings (SSSR count). The third-order valence-electron chi connectivity index (χ3n) is 2.86. The lowest BCUT2D eigenvalue weighted by Gasteiger charge is -2.18. The monoisotopic (exact) mass is 266 g/mol. The fourth-order valence-electron chi connectivity index (χ4n) is 1.95. The molecule has 1 aliphatic carbocycles. The zero-order valence-corrected chi connectivity index (χ0v) is 11.4. The first kappa shape index (κ1) is 12.7. The van der Waals surface area contributed by atoms with Crippen molar-refractivity contribution in [1.29, 1.82) is 0 Å². The number of hydrogen-bond donors (Lipinski definition) is 0. The van der Waals surface area contributed by atoms with Gasteiger partial charge in [-0.3, -0.25) is 4.79 Å². The average Bonchev–Trinajstić information content (AvgIpc) is 2.32. The standard InChI is InChI=1S/C14H15ClOS/c1-10(13-4-2-3-5-14(13)16)17-12-8-6-11(15)7-9-12/h4,6-10H,2-3,5H2,1H3. The molecule has 1 atom stereocenters. The first-order chi connectivity index (χ1) is 8.16. The van der Waals surface area contributed by atoms with Gasteiger partial charge in [0, 0.05) is 27.2 Å². The van der Waals surface area contributed by atoms with Crippen LogP contribution in [-0.2, 0) is 4.79 Å². The molecule has 1 aromatic carbocycles. The summed E-state index contributed by atoms with van der Waals surface area (Å²) in [6.45, 7) is 2.09. The highest BCUT2D eigenvalue weighted by Crippen LogP contribution is 2.31. The van der Waals surface area contributed by atoms with Crippen molar-refractivity contribution in [2.45, 2.75) is 36.3 Å². The van der Waals surface area contributed by atoms with Crippen molar-refractivity contribution in [3.8, 4) is 0 Å². The first-order valence-electron chi connectivity index (χ1n) is 5.82. The molecule has 0 aromatic heterocycles. The van der Waals surface area contributed by atoms with Gasteiger partial charge in [-0.1, -0.05) is 17.7 Å². The maximum atomic E-state index is 11.8. The Labute approximate surface area is 111 Å². The molecule has 0 N–H and O–H groups in total. The molecule has 0 radical (unpaired) electrons. The molecule has 0 saturated heterocycles. The van der Waals surface area contributed by atoms with Gasteiger partial charge in [0.1, 0.15) is 0 Å². The third-order valence-corrected chi connectivity index (χ3v) is 4.26. The van der Waals surface area contributed by atoms with Crippen LogP contribution >= 0.6 is 23.4 Å². The molecule has 3 heteroatoms. The number of rotatable bonds is 3. The van der Waals surface area contributed by atoms with Gasteiger partial charge in [-0.05, 0) is 44.0 Å². The van der Waals surface area contributed by atoms with E-state index in [0.717, 1.165) is 28.3 Å². The Balaban J connectivity index is 2.06. The first-order valence-corrected chi connectivity index (χ1v) is 7.08. The molecule has 0 saturated carbocycles. The zero-order chi connectivity index (χ0) is 12.3. The molecule has 1 aliphatic rings. The Hall–Kier alpha value is -0.730. The van der Waals surface area contributed by atoms with Crippen LogP contribution in [0.2, 0.25) is 5.02 Å². The smallest absolute Gasteiger partial charge is 0.159 e. The lowest BCUT2D eigenvalue weighted by Crippen LogP contribution is -2.15. The minimum absolute atomic E-state index is 0.226. The molecule has 1 nitrogen and oxygen atoms in total. The number of allylic oxidation sites excluding steroid dienone is 1. The van der Waals surface area contributed by atoms with E-state index >= 15 is 0 Å². The van der Waals surface area contributed by atoms with Gasteiger partial charge in [0.15, 0.2) is 5.78 Å². The molecule has 0 heterocycles. The molecular formula is C14H15ClOS. The summed E-state index contributed by atoms with van der Waals surface area (Å²) in [4.78, 5) is 12.9. The number of benzene rings is 1. The highest BCUT2D eigenvalue weighted by Gasteiger charge is 2.19. The fourth-order valence-corrected chi connectivity index (χ4v) is 3.13. The molecule has 1 aromatic rings. The topological polar surface area (TPSA) is 17.1 Å². The molecule has 0 spiro atoms. The van der Waals surface area contributed by atoms with E-state index < -0.39 is 0 Å². The summed E-state index contributed by atoms with van der Waals surface area (Å²) in [7, 11) is 0. The third kappa shape index (κ3) is 3.36. The van der Waals surface area contributed by atoms with Crippen molar-refractivity contribution in [2.24, 2.45) is 0 Å². The Morgan fingerprint density at radius 1 is 1.29 bits per heavy atom. The summed E-state index contributed by atoms with van der Waals surface area (Å²) in [6.07, 6.45) is 4.84. The van der Waals surface area contributed by atoms with E-state index in [1.54, 1.807) is 11.8 Å². The highest BCUT2D eigenvalue weighted by molar-refractivity contribution is 8.00. The summed E-state index contributed by atoms with van der Waals surface area (Å²) < 4.78 is 0. The number of hydrogen-bond acceptors (Lipinski definition) is 2. The van der Waals surface area contributed by atoms with Crippen LogP contribution in [0.4, 0.5) is 0 Å². The summed E-state index contributed by atoms with van der Waals surface area (Å²) in [5.74, 6) is 0.310. The van der Waals surface area contributed by atoms with Crippen LogP contribution in [0.25, 0.3) is 0 Å². The molecule has 0 amide bonds. The minimum Gasteiger partial charge on any atom is -0.295 e. The molecule has 0 aliphatic heterocycles. The van der Waals surface area contributed by atoms with E-state index in [9.17, 15) is 4.79 Å². The Morgan fingerprint density at radius 2 is 2.00 bits per heavy atom. The summed E-state index contributed by atoms with van der Waals surface area (Å²) in [6, 6.07) is 7.76. The summed E-state index contributed by atoms with van der Waals surface area (Å²) >= 11 is 7.56. The molecule has 0 fully saturated rings. The van der Waals surface area contributed by atoms with Crippen LogP contribution in [-0.4, -0.2) is 11.0 Å². The number of carbonyl (C=O) groups is 1. The van der Waals surface area contributed by atoms with Gasteiger partial charge in [0.2, 0.25) is 0 Å². The summed E-state index contributed by atoms with van der Waals surface area (Å²) in [5, 5.41) is 0.971. The van der Waals surface area contributed by atoms with Crippen LogP contribution in [0.5, 0.6) is 0 Å². The van der Waals surface area contributed by atoms with E-state index in [2.05, 4.69) is 13.0 Å². The Morgan fingerprint density at radius 3 is 2.65 bits per heavy atom. The number of ketones is 1. The fraction of sp³-hybridized carbons (Fsp3) is 0.357. The van der Waals surface area contributed by atoms with E-state index in [1.165, 1.54) is 0 Å². The van der Waals surface area contributed by atoms with Crippen molar-refractivity contribution < 1.29 is 4.79 Å². The predicted octanol–water partition coefficient (Wildman–Crippen LogP) is 4.50. The van der Waals surface area contributed by atoms with Crippen molar-refractivity contribution >= 4 is 29.1 Å². The van der Waals surface area contributed by atoms with Crippen molar-refractivity contribution in [3.63, 3.8) is 0 Å². The molecule has 0 bridgehead atoms. The molecule has 90 valence electrons. The van der Waals surface area contributed by atoms with Gasteiger partial charge in [-0.2, -0.15) is 0 Å². The van der Waals surface area contributed by atoms with Gasteiger partial charge in [0.05, 0.1) is 0 Å². The van der Waals surface area contributed by atoms with Crippen molar-refractivity contribution in [3.05, 3.63) is 40.9 Å². The van der Waals surface area contributed by atoms with Crippen LogP contribution in [0.15, 0.2) is 40.8 Å². The summed E-state index contributed by atoms with van der Waals surface area (Å²) in [5.41, 5.74) is 0.983. The van der Waals surface area contributed by atoms with Gasteiger partial charge < -0.3 is 0 Å². The molecular weight excluding hydrogens is 252 g/mol. The van der Waals surface area contributed by atoms with Crippen LogP contribution < -0.4 is 0 Å². The quantitative estimate of drug-likeness (QED) is 0.750. The van der Waals surface area contributed by atoms with E-state index in [4.69, 9.17) is 11.6 Å². The number of carbonyl (C=O) groups excluding carboxylic acids is 1. The van der Waals surface area contributed by atoms with Crippen LogP contribution in [0, 0.1) is 0 Å². The van der Waals surface area contributed by atoms with Gasteiger partial charge >= 0.3 is 0 Å². The molecule has 1 unspecified atom stereocenters.